The van der Waals surface area contributed by atoms with Crippen LogP contribution in [0.1, 0.15) is 32.1 Å². The fourth-order valence-electron chi connectivity index (χ4n) is 2.56. The fraction of sp³-hybridized carbons (Fsp3) is 0.923. The molecule has 0 aromatic rings. The lowest BCUT2D eigenvalue weighted by molar-refractivity contribution is -0.131. The number of halogens is 1. The SMILES string of the molecule is CN(CC(=O)N(C)C1CC1)C1CCCNCC1.Cl. The first-order chi connectivity index (χ1) is 8.18. The Bertz CT molecular complexity index is 263. The third kappa shape index (κ3) is 4.41. The predicted molar refractivity (Wildman–Crippen MR) is 76.2 cm³/mol. The molecule has 1 unspecified atom stereocenters. The molecule has 106 valence electrons. The van der Waals surface area contributed by atoms with Crippen molar-refractivity contribution >= 4 is 18.3 Å². The van der Waals surface area contributed by atoms with Gasteiger partial charge in [0.15, 0.2) is 0 Å². The van der Waals surface area contributed by atoms with E-state index in [4.69, 9.17) is 0 Å². The van der Waals surface area contributed by atoms with Crippen molar-refractivity contribution in [1.82, 2.24) is 15.1 Å². The van der Waals surface area contributed by atoms with Crippen molar-refractivity contribution in [2.24, 2.45) is 0 Å². The van der Waals surface area contributed by atoms with Gasteiger partial charge in [-0.3, -0.25) is 9.69 Å². The van der Waals surface area contributed by atoms with E-state index in [0.717, 1.165) is 19.5 Å². The largest absolute Gasteiger partial charge is 0.342 e. The molecule has 1 N–H and O–H groups in total. The Morgan fingerprint density at radius 2 is 1.83 bits per heavy atom. The molecule has 0 aromatic heterocycles. The van der Waals surface area contributed by atoms with Gasteiger partial charge >= 0.3 is 0 Å². The van der Waals surface area contributed by atoms with E-state index >= 15 is 0 Å². The summed E-state index contributed by atoms with van der Waals surface area (Å²) in [6.45, 7) is 2.79. The molecule has 0 aromatic carbocycles. The predicted octanol–water partition coefficient (Wildman–Crippen LogP) is 1.10. The number of carbonyl (C=O) groups is 1. The van der Waals surface area contributed by atoms with Crippen LogP contribution in [0.15, 0.2) is 0 Å². The molecule has 5 heteroatoms. The Kier molecular flexibility index (Phi) is 6.39. The van der Waals surface area contributed by atoms with E-state index < -0.39 is 0 Å². The van der Waals surface area contributed by atoms with Crippen molar-refractivity contribution < 1.29 is 4.79 Å². The summed E-state index contributed by atoms with van der Waals surface area (Å²) >= 11 is 0. The highest BCUT2D eigenvalue weighted by Crippen LogP contribution is 2.25. The van der Waals surface area contributed by atoms with E-state index in [9.17, 15) is 4.79 Å². The first kappa shape index (κ1) is 15.7. The van der Waals surface area contributed by atoms with Crippen LogP contribution in [0.2, 0.25) is 0 Å². The van der Waals surface area contributed by atoms with Gasteiger partial charge in [-0.2, -0.15) is 0 Å². The highest BCUT2D eigenvalue weighted by atomic mass is 35.5. The zero-order chi connectivity index (χ0) is 12.3. The summed E-state index contributed by atoms with van der Waals surface area (Å²) < 4.78 is 0. The molecule has 4 nitrogen and oxygen atoms in total. The van der Waals surface area contributed by atoms with E-state index in [-0.39, 0.29) is 18.3 Å². The van der Waals surface area contributed by atoms with Crippen molar-refractivity contribution in [2.75, 3.05) is 33.7 Å². The number of rotatable bonds is 4. The minimum absolute atomic E-state index is 0. The van der Waals surface area contributed by atoms with Gasteiger partial charge in [0.2, 0.25) is 5.91 Å². The summed E-state index contributed by atoms with van der Waals surface area (Å²) in [6.07, 6.45) is 5.99. The molecule has 0 bridgehead atoms. The first-order valence-corrected chi connectivity index (χ1v) is 6.85. The molecule has 2 fully saturated rings. The van der Waals surface area contributed by atoms with Gasteiger partial charge in [-0.1, -0.05) is 0 Å². The van der Waals surface area contributed by atoms with Crippen LogP contribution in [0.3, 0.4) is 0 Å². The van der Waals surface area contributed by atoms with Gasteiger partial charge in [0.1, 0.15) is 0 Å². The molecule has 1 saturated heterocycles. The Morgan fingerprint density at radius 3 is 2.50 bits per heavy atom. The van der Waals surface area contributed by atoms with Crippen molar-refractivity contribution in [3.63, 3.8) is 0 Å². The lowest BCUT2D eigenvalue weighted by Crippen LogP contribution is -2.42. The number of carbonyl (C=O) groups excluding carboxylic acids is 1. The highest BCUT2D eigenvalue weighted by molar-refractivity contribution is 5.85. The maximum atomic E-state index is 12.0. The van der Waals surface area contributed by atoms with Crippen LogP contribution in [-0.2, 0) is 4.79 Å². The zero-order valence-corrected chi connectivity index (χ0v) is 12.3. The lowest BCUT2D eigenvalue weighted by Gasteiger charge is -2.28. The average Bonchev–Trinajstić information content (AvgIpc) is 3.14. The van der Waals surface area contributed by atoms with Crippen molar-refractivity contribution in [1.29, 1.82) is 0 Å². The van der Waals surface area contributed by atoms with Crippen LogP contribution in [0.4, 0.5) is 0 Å². The summed E-state index contributed by atoms with van der Waals surface area (Å²) in [5.41, 5.74) is 0. The summed E-state index contributed by atoms with van der Waals surface area (Å²) in [7, 11) is 4.04. The van der Waals surface area contributed by atoms with Crippen LogP contribution in [0.25, 0.3) is 0 Å². The normalized spacial score (nSPS) is 24.3. The third-order valence-corrected chi connectivity index (χ3v) is 4.04. The monoisotopic (exact) mass is 275 g/mol. The number of hydrogen-bond donors (Lipinski definition) is 1. The lowest BCUT2D eigenvalue weighted by atomic mass is 10.1. The van der Waals surface area contributed by atoms with Gasteiger partial charge in [-0.25, -0.2) is 0 Å². The molecule has 2 aliphatic rings. The fourth-order valence-corrected chi connectivity index (χ4v) is 2.56. The summed E-state index contributed by atoms with van der Waals surface area (Å²) in [5.74, 6) is 0.284. The molecule has 1 heterocycles. The van der Waals surface area contributed by atoms with E-state index in [0.29, 0.717) is 18.6 Å². The number of nitrogens with one attached hydrogen (secondary N) is 1. The van der Waals surface area contributed by atoms with Crippen LogP contribution in [0.5, 0.6) is 0 Å². The molecule has 1 atom stereocenters. The zero-order valence-electron chi connectivity index (χ0n) is 11.5. The number of likely N-dealkylation sites (N-methyl/N-ethyl adjacent to an activating group) is 2. The van der Waals surface area contributed by atoms with E-state index in [1.165, 1.54) is 25.7 Å². The topological polar surface area (TPSA) is 35.6 Å². The standard InChI is InChI=1S/C13H25N3O.ClH/c1-15(11-4-3-8-14-9-7-11)10-13(17)16(2)12-5-6-12;/h11-12,14H,3-10H2,1-2H3;1H. The molecule has 18 heavy (non-hydrogen) atoms. The maximum absolute atomic E-state index is 12.0. The van der Waals surface area contributed by atoms with Crippen LogP contribution in [-0.4, -0.2) is 61.5 Å². The molecular weight excluding hydrogens is 250 g/mol. The number of hydrogen-bond acceptors (Lipinski definition) is 3. The Labute approximate surface area is 116 Å². The maximum Gasteiger partial charge on any atom is 0.236 e. The van der Waals surface area contributed by atoms with E-state index in [1.807, 2.05) is 11.9 Å². The average molecular weight is 276 g/mol. The minimum Gasteiger partial charge on any atom is -0.342 e. The third-order valence-electron chi connectivity index (χ3n) is 4.04. The first-order valence-electron chi connectivity index (χ1n) is 6.85. The van der Waals surface area contributed by atoms with Crippen molar-refractivity contribution in [3.8, 4) is 0 Å². The quantitative estimate of drug-likeness (QED) is 0.835. The molecule has 1 saturated carbocycles. The van der Waals surface area contributed by atoms with Crippen molar-refractivity contribution in [3.05, 3.63) is 0 Å². The molecule has 1 aliphatic carbocycles. The molecular formula is C13H26ClN3O. The minimum atomic E-state index is 0. The molecule has 0 radical (unpaired) electrons. The number of amides is 1. The summed E-state index contributed by atoms with van der Waals surface area (Å²) in [4.78, 5) is 16.2. The van der Waals surface area contributed by atoms with Gasteiger partial charge in [0.05, 0.1) is 6.54 Å². The van der Waals surface area contributed by atoms with Crippen LogP contribution >= 0.6 is 12.4 Å². The Hall–Kier alpha value is -0.320. The van der Waals surface area contributed by atoms with Crippen LogP contribution in [0, 0.1) is 0 Å². The second-order valence-electron chi connectivity index (χ2n) is 5.49. The van der Waals surface area contributed by atoms with Gasteiger partial charge in [-0.15, -0.1) is 12.4 Å². The van der Waals surface area contributed by atoms with Gasteiger partial charge in [0.25, 0.3) is 0 Å². The van der Waals surface area contributed by atoms with E-state index in [2.05, 4.69) is 17.3 Å². The molecule has 2 rings (SSSR count). The van der Waals surface area contributed by atoms with Gasteiger partial charge in [0, 0.05) is 19.1 Å². The highest BCUT2D eigenvalue weighted by Gasteiger charge is 2.30. The molecule has 0 spiro atoms. The molecule has 1 aliphatic heterocycles. The van der Waals surface area contributed by atoms with Gasteiger partial charge in [-0.05, 0) is 52.2 Å². The smallest absolute Gasteiger partial charge is 0.236 e. The second kappa shape index (κ2) is 7.31. The van der Waals surface area contributed by atoms with E-state index in [1.54, 1.807) is 0 Å². The second-order valence-corrected chi connectivity index (χ2v) is 5.49. The Morgan fingerprint density at radius 1 is 1.11 bits per heavy atom. The molecule has 1 amide bonds. The van der Waals surface area contributed by atoms with Gasteiger partial charge < -0.3 is 10.2 Å². The summed E-state index contributed by atoms with van der Waals surface area (Å²) in [5, 5.41) is 3.41. The van der Waals surface area contributed by atoms with Crippen LogP contribution < -0.4 is 5.32 Å². The Balaban J connectivity index is 0.00000162. The summed E-state index contributed by atoms with van der Waals surface area (Å²) in [6, 6.07) is 1.10. The van der Waals surface area contributed by atoms with Crippen molar-refractivity contribution in [2.45, 2.75) is 44.2 Å². The number of nitrogens with zero attached hydrogens (tertiary/aromatic N) is 2.